The monoisotopic (exact) mass is 496 g/mol. The van der Waals surface area contributed by atoms with E-state index in [2.05, 4.69) is 22.3 Å². The van der Waals surface area contributed by atoms with Gasteiger partial charge < -0.3 is 15.1 Å². The van der Waals surface area contributed by atoms with Crippen LogP contribution in [-0.4, -0.2) is 73.3 Å². The van der Waals surface area contributed by atoms with E-state index in [0.717, 1.165) is 36.4 Å². The number of hydrogen-bond acceptors (Lipinski definition) is 4. The number of benzene rings is 3. The van der Waals surface area contributed by atoms with E-state index in [9.17, 15) is 14.4 Å². The third-order valence-electron chi connectivity index (χ3n) is 7.19. The molecule has 3 amide bonds. The van der Waals surface area contributed by atoms with Crippen molar-refractivity contribution >= 4 is 23.4 Å². The molecule has 0 aliphatic carbocycles. The molecule has 7 heteroatoms. The van der Waals surface area contributed by atoms with Gasteiger partial charge >= 0.3 is 0 Å². The Morgan fingerprint density at radius 3 is 2.08 bits per heavy atom. The molecule has 0 spiro atoms. The fraction of sp³-hybridized carbons (Fsp3) is 0.300. The van der Waals surface area contributed by atoms with Gasteiger partial charge in [-0.05, 0) is 35.4 Å². The van der Waals surface area contributed by atoms with Crippen molar-refractivity contribution < 1.29 is 14.4 Å². The second-order valence-electron chi connectivity index (χ2n) is 9.61. The minimum Gasteiger partial charge on any atom is -0.355 e. The number of amides is 3. The Hall–Kier alpha value is -3.97. The number of anilines is 1. The first-order valence-electron chi connectivity index (χ1n) is 12.9. The van der Waals surface area contributed by atoms with Crippen LogP contribution in [0.5, 0.6) is 0 Å². The van der Waals surface area contributed by atoms with Crippen molar-refractivity contribution in [2.75, 3.05) is 50.7 Å². The van der Waals surface area contributed by atoms with Crippen molar-refractivity contribution in [3.63, 3.8) is 0 Å². The molecule has 3 aromatic carbocycles. The van der Waals surface area contributed by atoms with Gasteiger partial charge in [0.1, 0.15) is 0 Å². The fourth-order valence-corrected chi connectivity index (χ4v) is 5.02. The number of para-hydroxylation sites is 1. The van der Waals surface area contributed by atoms with Gasteiger partial charge in [-0.2, -0.15) is 0 Å². The van der Waals surface area contributed by atoms with Crippen LogP contribution in [0.4, 0.5) is 5.69 Å². The maximum absolute atomic E-state index is 13.0. The van der Waals surface area contributed by atoms with Crippen molar-refractivity contribution in [3.05, 3.63) is 90.5 Å². The number of nitrogens with one attached hydrogen (secondary N) is 1. The highest BCUT2D eigenvalue weighted by atomic mass is 16.2. The molecule has 2 aliphatic rings. The summed E-state index contributed by atoms with van der Waals surface area (Å²) in [6.07, 6.45) is 0.244. The topological polar surface area (TPSA) is 73.0 Å². The molecule has 37 heavy (non-hydrogen) atoms. The Balaban J connectivity index is 1.04. The quantitative estimate of drug-likeness (QED) is 0.545. The second-order valence-corrected chi connectivity index (χ2v) is 9.61. The Morgan fingerprint density at radius 2 is 1.41 bits per heavy atom. The molecular formula is C30H32N4O3. The summed E-state index contributed by atoms with van der Waals surface area (Å²) < 4.78 is 0. The van der Waals surface area contributed by atoms with Gasteiger partial charge in [-0.15, -0.1) is 0 Å². The summed E-state index contributed by atoms with van der Waals surface area (Å²) in [6.45, 7) is 4.54. The summed E-state index contributed by atoms with van der Waals surface area (Å²) in [5.74, 6) is -0.349. The summed E-state index contributed by atoms with van der Waals surface area (Å²) in [5.41, 5.74) is 3.77. The van der Waals surface area contributed by atoms with Crippen molar-refractivity contribution in [1.29, 1.82) is 0 Å². The molecule has 5 rings (SSSR count). The van der Waals surface area contributed by atoms with E-state index >= 15 is 0 Å². The van der Waals surface area contributed by atoms with E-state index in [-0.39, 0.29) is 30.1 Å². The Kier molecular flexibility index (Phi) is 7.61. The van der Waals surface area contributed by atoms with Crippen LogP contribution >= 0.6 is 0 Å². The molecule has 2 aliphatic heterocycles. The molecule has 1 atom stereocenters. The van der Waals surface area contributed by atoms with Gasteiger partial charge in [0, 0.05) is 63.5 Å². The maximum atomic E-state index is 13.0. The average Bonchev–Trinajstić information content (AvgIpc) is 3.36. The van der Waals surface area contributed by atoms with Gasteiger partial charge in [-0.3, -0.25) is 19.3 Å². The summed E-state index contributed by atoms with van der Waals surface area (Å²) >= 11 is 0. The van der Waals surface area contributed by atoms with E-state index in [0.29, 0.717) is 31.7 Å². The fourth-order valence-electron chi connectivity index (χ4n) is 5.02. The minimum absolute atomic E-state index is 0.0122. The van der Waals surface area contributed by atoms with E-state index in [1.807, 2.05) is 77.7 Å². The number of piperazine rings is 1. The van der Waals surface area contributed by atoms with Crippen LogP contribution in [0.15, 0.2) is 84.9 Å². The molecule has 2 heterocycles. The molecule has 0 radical (unpaired) electrons. The molecule has 7 nitrogen and oxygen atoms in total. The van der Waals surface area contributed by atoms with Crippen molar-refractivity contribution in [1.82, 2.24) is 15.1 Å². The van der Waals surface area contributed by atoms with Gasteiger partial charge in [-0.1, -0.05) is 60.7 Å². The van der Waals surface area contributed by atoms with Crippen LogP contribution in [-0.2, 0) is 9.59 Å². The molecular weight excluding hydrogens is 464 g/mol. The normalized spacial score (nSPS) is 18.2. The molecule has 1 unspecified atom stereocenters. The van der Waals surface area contributed by atoms with E-state index in [1.165, 1.54) is 0 Å². The largest absolute Gasteiger partial charge is 0.355 e. The third kappa shape index (κ3) is 5.89. The van der Waals surface area contributed by atoms with Crippen LogP contribution in [0.25, 0.3) is 11.1 Å². The van der Waals surface area contributed by atoms with Crippen LogP contribution in [0.3, 0.4) is 0 Å². The average molecular weight is 497 g/mol. The standard InChI is InChI=1S/C30H32N4O3/c35-28-21-26(22-34(28)27-9-5-2-6-10-27)29(36)31-15-16-32-17-19-33(20-18-32)30(37)25-13-11-24(12-14-25)23-7-3-1-4-8-23/h1-14,26H,15-22H2,(H,31,36). The summed E-state index contributed by atoms with van der Waals surface area (Å²) in [6, 6.07) is 27.4. The highest BCUT2D eigenvalue weighted by molar-refractivity contribution is 6.00. The van der Waals surface area contributed by atoms with Gasteiger partial charge in [-0.25, -0.2) is 0 Å². The Bertz CT molecular complexity index is 1220. The SMILES string of the molecule is O=C(NCCN1CCN(C(=O)c2ccc(-c3ccccc3)cc2)CC1)C1CC(=O)N(c2ccccc2)C1. The first-order valence-corrected chi connectivity index (χ1v) is 12.9. The Morgan fingerprint density at radius 1 is 0.784 bits per heavy atom. The highest BCUT2D eigenvalue weighted by Crippen LogP contribution is 2.25. The molecule has 0 aromatic heterocycles. The van der Waals surface area contributed by atoms with Crippen LogP contribution in [0, 0.1) is 5.92 Å². The van der Waals surface area contributed by atoms with Gasteiger partial charge in [0.2, 0.25) is 11.8 Å². The molecule has 1 N–H and O–H groups in total. The van der Waals surface area contributed by atoms with Gasteiger partial charge in [0.15, 0.2) is 0 Å². The predicted octanol–water partition coefficient (Wildman–Crippen LogP) is 3.28. The summed E-state index contributed by atoms with van der Waals surface area (Å²) in [5, 5.41) is 3.00. The van der Waals surface area contributed by atoms with E-state index in [1.54, 1.807) is 4.90 Å². The molecule has 2 fully saturated rings. The third-order valence-corrected chi connectivity index (χ3v) is 7.19. The number of carbonyl (C=O) groups is 3. The summed E-state index contributed by atoms with van der Waals surface area (Å²) in [7, 11) is 0. The number of nitrogens with zero attached hydrogens (tertiary/aromatic N) is 3. The molecule has 0 saturated carbocycles. The lowest BCUT2D eigenvalue weighted by Crippen LogP contribution is -2.50. The lowest BCUT2D eigenvalue weighted by atomic mass is 10.0. The maximum Gasteiger partial charge on any atom is 0.253 e. The van der Waals surface area contributed by atoms with Crippen molar-refractivity contribution in [3.8, 4) is 11.1 Å². The van der Waals surface area contributed by atoms with Gasteiger partial charge in [0.05, 0.1) is 5.92 Å². The first-order chi connectivity index (χ1) is 18.1. The zero-order valence-electron chi connectivity index (χ0n) is 20.9. The molecule has 3 aromatic rings. The van der Waals surface area contributed by atoms with E-state index < -0.39 is 0 Å². The predicted molar refractivity (Wildman–Crippen MR) is 144 cm³/mol. The first kappa shape index (κ1) is 24.7. The van der Waals surface area contributed by atoms with E-state index in [4.69, 9.17) is 0 Å². The minimum atomic E-state index is -0.324. The van der Waals surface area contributed by atoms with Crippen LogP contribution < -0.4 is 10.2 Å². The van der Waals surface area contributed by atoms with Crippen molar-refractivity contribution in [2.24, 2.45) is 5.92 Å². The number of carbonyl (C=O) groups excluding carboxylic acids is 3. The number of rotatable bonds is 7. The molecule has 0 bridgehead atoms. The smallest absolute Gasteiger partial charge is 0.253 e. The van der Waals surface area contributed by atoms with Crippen LogP contribution in [0.2, 0.25) is 0 Å². The summed E-state index contributed by atoms with van der Waals surface area (Å²) in [4.78, 5) is 43.9. The van der Waals surface area contributed by atoms with Crippen LogP contribution in [0.1, 0.15) is 16.8 Å². The zero-order chi connectivity index (χ0) is 25.6. The zero-order valence-corrected chi connectivity index (χ0v) is 20.9. The van der Waals surface area contributed by atoms with Crippen molar-refractivity contribution in [2.45, 2.75) is 6.42 Å². The molecule has 190 valence electrons. The van der Waals surface area contributed by atoms with Gasteiger partial charge in [0.25, 0.3) is 5.91 Å². The lowest BCUT2D eigenvalue weighted by molar-refractivity contribution is -0.126. The second kappa shape index (κ2) is 11.4. The highest BCUT2D eigenvalue weighted by Gasteiger charge is 2.35. The lowest BCUT2D eigenvalue weighted by Gasteiger charge is -2.34. The Labute approximate surface area is 217 Å². The number of hydrogen-bond donors (Lipinski definition) is 1. The molecule has 2 saturated heterocycles.